The van der Waals surface area contributed by atoms with Gasteiger partial charge in [-0.15, -0.1) is 0 Å². The fraction of sp³-hybridized carbons (Fsp3) is 0.118. The van der Waals surface area contributed by atoms with Crippen LogP contribution in [0.15, 0.2) is 48.3 Å². The third-order valence-electron chi connectivity index (χ3n) is 3.56. The molecule has 0 radical (unpaired) electrons. The average molecular weight is 347 g/mol. The van der Waals surface area contributed by atoms with Crippen LogP contribution in [0.25, 0.3) is 0 Å². The molecular weight excluding hydrogens is 335 g/mol. The summed E-state index contributed by atoms with van der Waals surface area (Å²) in [5.74, 6) is -0.517. The fourth-order valence-corrected chi connectivity index (χ4v) is 3.00. The summed E-state index contributed by atoms with van der Waals surface area (Å²) in [5.41, 5.74) is 1.55. The number of benzene rings is 1. The Morgan fingerprint density at radius 2 is 1.78 bits per heavy atom. The second-order valence-corrected chi connectivity index (χ2v) is 5.84. The second-order valence-electron chi connectivity index (χ2n) is 5.03. The summed E-state index contributed by atoms with van der Waals surface area (Å²) in [4.78, 5) is 28.4. The van der Waals surface area contributed by atoms with Crippen molar-refractivity contribution in [3.05, 3.63) is 75.2 Å². The minimum atomic E-state index is -0.287. The molecule has 6 heteroatoms. The van der Waals surface area contributed by atoms with E-state index in [-0.39, 0.29) is 23.0 Å². The number of fused-ring (bicyclic) bond motifs is 1. The van der Waals surface area contributed by atoms with Gasteiger partial charge in [-0.3, -0.25) is 14.6 Å². The molecule has 0 fully saturated rings. The van der Waals surface area contributed by atoms with Crippen LogP contribution in [0.3, 0.4) is 0 Å². The molecule has 1 aliphatic carbocycles. The summed E-state index contributed by atoms with van der Waals surface area (Å²) >= 11 is 12.2. The largest absolute Gasteiger partial charge is 0.381 e. The molecule has 0 saturated carbocycles. The first-order valence-corrected chi connectivity index (χ1v) is 7.76. The Bertz CT molecular complexity index is 811. The van der Waals surface area contributed by atoms with Gasteiger partial charge >= 0.3 is 0 Å². The van der Waals surface area contributed by atoms with E-state index in [4.69, 9.17) is 23.2 Å². The van der Waals surface area contributed by atoms with Gasteiger partial charge in [-0.2, -0.15) is 0 Å². The zero-order valence-corrected chi connectivity index (χ0v) is 13.5. The Labute approximate surface area is 143 Å². The van der Waals surface area contributed by atoms with E-state index in [1.54, 1.807) is 30.3 Å². The van der Waals surface area contributed by atoms with Gasteiger partial charge in [-0.1, -0.05) is 29.3 Å². The van der Waals surface area contributed by atoms with Gasteiger partial charge in [-0.05, 0) is 36.2 Å². The Balaban J connectivity index is 1.72. The van der Waals surface area contributed by atoms with E-state index < -0.39 is 0 Å². The van der Waals surface area contributed by atoms with Crippen molar-refractivity contribution in [3.63, 3.8) is 0 Å². The molecule has 0 aliphatic heterocycles. The van der Waals surface area contributed by atoms with Crippen molar-refractivity contribution >= 4 is 34.8 Å². The number of hydrogen-bond acceptors (Lipinski definition) is 4. The van der Waals surface area contributed by atoms with Crippen molar-refractivity contribution in [2.75, 3.05) is 6.54 Å². The molecule has 4 nitrogen and oxygen atoms in total. The summed E-state index contributed by atoms with van der Waals surface area (Å²) in [5, 5.41) is 4.13. The van der Waals surface area contributed by atoms with Gasteiger partial charge in [-0.25, -0.2) is 0 Å². The lowest BCUT2D eigenvalue weighted by Gasteiger charge is -2.16. The fourth-order valence-electron chi connectivity index (χ4n) is 2.41. The third kappa shape index (κ3) is 3.14. The van der Waals surface area contributed by atoms with E-state index in [1.165, 1.54) is 12.3 Å². The van der Waals surface area contributed by atoms with Crippen LogP contribution in [0, 0.1) is 0 Å². The molecule has 0 saturated heterocycles. The Morgan fingerprint density at radius 3 is 2.52 bits per heavy atom. The molecule has 0 spiro atoms. The number of Topliss-reactive ketones (excluding diaryl/α,β-unsaturated/α-hetero) is 1. The number of ketones is 2. The van der Waals surface area contributed by atoms with Crippen LogP contribution >= 0.6 is 23.2 Å². The van der Waals surface area contributed by atoms with Crippen LogP contribution in [0.5, 0.6) is 0 Å². The summed E-state index contributed by atoms with van der Waals surface area (Å²) in [6, 6.07) is 8.53. The average Bonchev–Trinajstić information content (AvgIpc) is 2.55. The van der Waals surface area contributed by atoms with Crippen LogP contribution in [0.4, 0.5) is 0 Å². The molecule has 116 valence electrons. The maximum atomic E-state index is 12.3. The molecule has 1 aromatic heterocycles. The topological polar surface area (TPSA) is 59.1 Å². The van der Waals surface area contributed by atoms with Gasteiger partial charge in [0.25, 0.3) is 0 Å². The highest BCUT2D eigenvalue weighted by Crippen LogP contribution is 2.24. The van der Waals surface area contributed by atoms with Gasteiger partial charge in [0.15, 0.2) is 5.78 Å². The van der Waals surface area contributed by atoms with Gasteiger partial charge in [0.1, 0.15) is 5.69 Å². The molecule has 1 heterocycles. The smallest absolute Gasteiger partial charge is 0.228 e. The Kier molecular flexibility index (Phi) is 4.46. The van der Waals surface area contributed by atoms with Crippen LogP contribution in [0.2, 0.25) is 10.0 Å². The number of hydrogen-bond donors (Lipinski definition) is 1. The minimum absolute atomic E-state index is 0.179. The Morgan fingerprint density at radius 1 is 1.04 bits per heavy atom. The number of carbonyl (C=O) groups is 2. The van der Waals surface area contributed by atoms with Crippen molar-refractivity contribution in [2.45, 2.75) is 6.42 Å². The second kappa shape index (κ2) is 6.52. The first-order valence-electron chi connectivity index (χ1n) is 7.00. The molecule has 1 N–H and O–H groups in total. The van der Waals surface area contributed by atoms with Crippen molar-refractivity contribution < 1.29 is 9.59 Å². The number of rotatable bonds is 4. The van der Waals surface area contributed by atoms with E-state index in [1.807, 2.05) is 0 Å². The number of carbonyl (C=O) groups excluding carboxylic acids is 2. The molecule has 0 bridgehead atoms. The molecule has 0 unspecified atom stereocenters. The standard InChI is InChI=1S/C17H12Cl2N2O2/c18-12-4-1-5-13(19)10(12)6-8-20-14-9-15(22)11-3-2-7-21-16(11)17(14)23/h1-5,7,9,20H,6,8H2. The molecular formula is C17H12Cl2N2O2. The lowest BCUT2D eigenvalue weighted by molar-refractivity contribution is 0.0974. The van der Waals surface area contributed by atoms with E-state index in [0.717, 1.165) is 5.56 Å². The predicted octanol–water partition coefficient (Wildman–Crippen LogP) is 3.48. The lowest BCUT2D eigenvalue weighted by Crippen LogP contribution is -2.29. The monoisotopic (exact) mass is 346 g/mol. The zero-order valence-electron chi connectivity index (χ0n) is 12.0. The lowest BCUT2D eigenvalue weighted by atomic mass is 9.97. The quantitative estimate of drug-likeness (QED) is 0.920. The van der Waals surface area contributed by atoms with E-state index in [0.29, 0.717) is 28.6 Å². The van der Waals surface area contributed by atoms with Crippen molar-refractivity contribution in [1.29, 1.82) is 0 Å². The summed E-state index contributed by atoms with van der Waals surface area (Å²) in [6.45, 7) is 0.427. The van der Waals surface area contributed by atoms with Gasteiger partial charge in [0, 0.05) is 28.9 Å². The highest BCUT2D eigenvalue weighted by Gasteiger charge is 2.26. The maximum absolute atomic E-state index is 12.3. The van der Waals surface area contributed by atoms with E-state index >= 15 is 0 Å². The third-order valence-corrected chi connectivity index (χ3v) is 4.27. The first kappa shape index (κ1) is 15.7. The SMILES string of the molecule is O=C1C=C(NCCc2c(Cl)cccc2Cl)C(=O)c2ncccc21. The number of nitrogens with zero attached hydrogens (tertiary/aromatic N) is 1. The molecule has 2 aromatic rings. The molecule has 1 aromatic carbocycles. The Hall–Kier alpha value is -2.17. The maximum Gasteiger partial charge on any atom is 0.228 e. The molecule has 3 rings (SSSR count). The van der Waals surface area contributed by atoms with E-state index in [9.17, 15) is 9.59 Å². The number of halogens is 2. The van der Waals surface area contributed by atoms with Gasteiger partial charge in [0.05, 0.1) is 11.3 Å². The molecule has 0 amide bonds. The predicted molar refractivity (Wildman–Crippen MR) is 89.1 cm³/mol. The van der Waals surface area contributed by atoms with E-state index in [2.05, 4.69) is 10.3 Å². The number of allylic oxidation sites excluding steroid dienone is 2. The number of nitrogens with one attached hydrogen (secondary N) is 1. The van der Waals surface area contributed by atoms with Crippen LogP contribution < -0.4 is 5.32 Å². The van der Waals surface area contributed by atoms with Crippen molar-refractivity contribution in [3.8, 4) is 0 Å². The van der Waals surface area contributed by atoms with Gasteiger partial charge < -0.3 is 5.32 Å². The van der Waals surface area contributed by atoms with Gasteiger partial charge in [0.2, 0.25) is 5.78 Å². The minimum Gasteiger partial charge on any atom is -0.381 e. The normalized spacial score (nSPS) is 13.6. The first-order chi connectivity index (χ1) is 11.1. The summed E-state index contributed by atoms with van der Waals surface area (Å²) in [6.07, 6.45) is 3.34. The molecule has 0 atom stereocenters. The number of aromatic nitrogens is 1. The number of pyridine rings is 1. The highest BCUT2D eigenvalue weighted by atomic mass is 35.5. The highest BCUT2D eigenvalue weighted by molar-refractivity contribution is 6.36. The van der Waals surface area contributed by atoms with Crippen molar-refractivity contribution in [2.24, 2.45) is 0 Å². The van der Waals surface area contributed by atoms with Crippen molar-refractivity contribution in [1.82, 2.24) is 10.3 Å². The van der Waals surface area contributed by atoms with Crippen LogP contribution in [0.1, 0.15) is 26.4 Å². The molecule has 23 heavy (non-hydrogen) atoms. The van der Waals surface area contributed by atoms with Crippen LogP contribution in [-0.4, -0.2) is 23.1 Å². The summed E-state index contributed by atoms with van der Waals surface area (Å²) < 4.78 is 0. The zero-order chi connectivity index (χ0) is 16.4. The summed E-state index contributed by atoms with van der Waals surface area (Å²) in [7, 11) is 0. The van der Waals surface area contributed by atoms with Crippen LogP contribution in [-0.2, 0) is 6.42 Å². The molecule has 1 aliphatic rings.